The zero-order valence-electron chi connectivity index (χ0n) is 18.2. The molecule has 2 aromatic carbocycles. The van der Waals surface area contributed by atoms with Gasteiger partial charge in [-0.15, -0.1) is 0 Å². The summed E-state index contributed by atoms with van der Waals surface area (Å²) in [6.07, 6.45) is 1.40. The minimum absolute atomic E-state index is 0.121. The highest BCUT2D eigenvalue weighted by atomic mass is 35.5. The molecule has 2 aromatic rings. The molecule has 0 heterocycles. The third-order valence-electron chi connectivity index (χ3n) is 4.21. The molecule has 0 saturated carbocycles. The van der Waals surface area contributed by atoms with Crippen LogP contribution in [-0.4, -0.2) is 45.9 Å². The predicted molar refractivity (Wildman–Crippen MR) is 117 cm³/mol. The first-order valence-corrected chi connectivity index (χ1v) is 9.80. The summed E-state index contributed by atoms with van der Waals surface area (Å²) < 4.78 is 49.6. The van der Waals surface area contributed by atoms with E-state index in [0.29, 0.717) is 22.8 Å². The van der Waals surface area contributed by atoms with Crippen LogP contribution < -0.4 is 24.3 Å². The van der Waals surface area contributed by atoms with Crippen LogP contribution in [0.15, 0.2) is 36.4 Å². The number of hydrogen-bond acceptors (Lipinski definition) is 7. The molecule has 2 rings (SSSR count). The maximum absolute atomic E-state index is 12.3. The van der Waals surface area contributed by atoms with E-state index < -0.39 is 24.6 Å². The number of anilines is 1. The summed E-state index contributed by atoms with van der Waals surface area (Å²) >= 11 is 5.85. The molecular weight excluding hydrogens is 464 g/mol. The number of benzene rings is 2. The molecule has 1 N–H and O–H groups in total. The standard InChI is InChI=1S/C22H22ClF2NO7/c1-12(21(28)26-14-6-7-16(15(23)10-14)33-22(24)25)32-20(27)8-5-13-9-18(30-3)19(31-4)11-17(13)29-2/h5-12,22H,1-4H3,(H,26,28)/b8-5+. The highest BCUT2D eigenvalue weighted by molar-refractivity contribution is 6.32. The SMILES string of the molecule is COc1cc(OC)c(OC)cc1/C=C/C(=O)OC(C)C(=O)Nc1ccc(OC(F)F)c(Cl)c1. The van der Waals surface area contributed by atoms with Crippen LogP contribution in [0.25, 0.3) is 6.08 Å². The summed E-state index contributed by atoms with van der Waals surface area (Å²) in [7, 11) is 4.41. The third-order valence-corrected chi connectivity index (χ3v) is 4.51. The van der Waals surface area contributed by atoms with Gasteiger partial charge in [0, 0.05) is 23.4 Å². The van der Waals surface area contributed by atoms with E-state index in [1.54, 1.807) is 12.1 Å². The number of hydrogen-bond donors (Lipinski definition) is 1. The Morgan fingerprint density at radius 1 is 0.970 bits per heavy atom. The first-order chi connectivity index (χ1) is 15.7. The molecular formula is C22H22ClF2NO7. The molecule has 8 nitrogen and oxygen atoms in total. The van der Waals surface area contributed by atoms with E-state index in [1.165, 1.54) is 52.5 Å². The van der Waals surface area contributed by atoms with Crippen LogP contribution in [0, 0.1) is 0 Å². The number of carbonyl (C=O) groups excluding carboxylic acids is 2. The number of methoxy groups -OCH3 is 3. The van der Waals surface area contributed by atoms with Crippen molar-refractivity contribution in [2.24, 2.45) is 0 Å². The van der Waals surface area contributed by atoms with Crippen molar-refractivity contribution in [1.29, 1.82) is 0 Å². The van der Waals surface area contributed by atoms with E-state index in [1.807, 2.05) is 0 Å². The Bertz CT molecular complexity index is 1030. The van der Waals surface area contributed by atoms with Gasteiger partial charge in [0.1, 0.15) is 11.5 Å². The number of esters is 1. The van der Waals surface area contributed by atoms with Gasteiger partial charge in [-0.1, -0.05) is 11.6 Å². The average Bonchev–Trinajstić information content (AvgIpc) is 2.78. The molecule has 0 aromatic heterocycles. The number of halogens is 3. The highest BCUT2D eigenvalue weighted by Crippen LogP contribution is 2.35. The van der Waals surface area contributed by atoms with Crippen LogP contribution >= 0.6 is 11.6 Å². The van der Waals surface area contributed by atoms with E-state index in [0.717, 1.165) is 6.08 Å². The molecule has 0 bridgehead atoms. The van der Waals surface area contributed by atoms with Crippen LogP contribution in [0.2, 0.25) is 5.02 Å². The van der Waals surface area contributed by atoms with Gasteiger partial charge in [-0.05, 0) is 37.3 Å². The molecule has 1 amide bonds. The van der Waals surface area contributed by atoms with Crippen molar-refractivity contribution in [3.63, 3.8) is 0 Å². The number of carbonyl (C=O) groups is 2. The Balaban J connectivity index is 2.02. The smallest absolute Gasteiger partial charge is 0.387 e. The zero-order valence-corrected chi connectivity index (χ0v) is 18.9. The topological polar surface area (TPSA) is 92.3 Å². The Morgan fingerprint density at radius 3 is 2.18 bits per heavy atom. The predicted octanol–water partition coefficient (Wildman–Crippen LogP) is 4.55. The van der Waals surface area contributed by atoms with Gasteiger partial charge in [0.15, 0.2) is 17.6 Å². The van der Waals surface area contributed by atoms with Gasteiger partial charge in [-0.3, -0.25) is 4.79 Å². The third kappa shape index (κ3) is 7.25. The lowest BCUT2D eigenvalue weighted by Crippen LogP contribution is -2.29. The fourth-order valence-corrected chi connectivity index (χ4v) is 2.85. The molecule has 0 saturated heterocycles. The quantitative estimate of drug-likeness (QED) is 0.390. The van der Waals surface area contributed by atoms with Crippen molar-refractivity contribution in [2.45, 2.75) is 19.6 Å². The van der Waals surface area contributed by atoms with Crippen molar-refractivity contribution in [2.75, 3.05) is 26.6 Å². The van der Waals surface area contributed by atoms with Crippen molar-refractivity contribution in [1.82, 2.24) is 0 Å². The van der Waals surface area contributed by atoms with Crippen molar-refractivity contribution < 1.29 is 42.1 Å². The molecule has 0 aliphatic rings. The second-order valence-electron chi connectivity index (χ2n) is 6.37. The second-order valence-corrected chi connectivity index (χ2v) is 6.78. The van der Waals surface area contributed by atoms with Gasteiger partial charge in [0.05, 0.1) is 26.4 Å². The van der Waals surface area contributed by atoms with Crippen molar-refractivity contribution >= 4 is 35.2 Å². The van der Waals surface area contributed by atoms with Crippen LogP contribution in [0.4, 0.5) is 14.5 Å². The van der Waals surface area contributed by atoms with E-state index in [4.69, 9.17) is 30.5 Å². The summed E-state index contributed by atoms with van der Waals surface area (Å²) in [5, 5.41) is 2.35. The van der Waals surface area contributed by atoms with E-state index >= 15 is 0 Å². The minimum Gasteiger partial charge on any atom is -0.496 e. The van der Waals surface area contributed by atoms with E-state index in [9.17, 15) is 18.4 Å². The fraction of sp³-hybridized carbons (Fsp3) is 0.273. The second kappa shape index (κ2) is 11.9. The molecule has 0 fully saturated rings. The van der Waals surface area contributed by atoms with Gasteiger partial charge in [-0.2, -0.15) is 8.78 Å². The maximum Gasteiger partial charge on any atom is 0.387 e. The lowest BCUT2D eigenvalue weighted by molar-refractivity contribution is -0.148. The molecule has 11 heteroatoms. The molecule has 1 atom stereocenters. The van der Waals surface area contributed by atoms with Gasteiger partial charge < -0.3 is 29.0 Å². The monoisotopic (exact) mass is 485 g/mol. The number of nitrogens with one attached hydrogen (secondary N) is 1. The first-order valence-electron chi connectivity index (χ1n) is 9.42. The van der Waals surface area contributed by atoms with Crippen molar-refractivity contribution in [3.8, 4) is 23.0 Å². The molecule has 0 aliphatic heterocycles. The lowest BCUT2D eigenvalue weighted by Gasteiger charge is -2.14. The Morgan fingerprint density at radius 2 is 1.61 bits per heavy atom. The first kappa shape index (κ1) is 25.7. The number of ether oxygens (including phenoxy) is 5. The molecule has 0 radical (unpaired) electrons. The van der Waals surface area contributed by atoms with Crippen molar-refractivity contribution in [3.05, 3.63) is 47.0 Å². The van der Waals surface area contributed by atoms with E-state index in [2.05, 4.69) is 10.1 Å². The Hall–Kier alpha value is -3.53. The van der Waals surface area contributed by atoms with Gasteiger partial charge in [0.25, 0.3) is 5.91 Å². The minimum atomic E-state index is -3.03. The fourth-order valence-electron chi connectivity index (χ4n) is 2.62. The summed E-state index contributed by atoms with van der Waals surface area (Å²) in [5.41, 5.74) is 0.727. The Kier molecular flexibility index (Phi) is 9.29. The number of amides is 1. The summed E-state index contributed by atoms with van der Waals surface area (Å²) in [6, 6.07) is 6.94. The summed E-state index contributed by atoms with van der Waals surface area (Å²) in [6.45, 7) is -1.66. The van der Waals surface area contributed by atoms with Crippen LogP contribution in [-0.2, 0) is 14.3 Å². The Labute approximate surface area is 194 Å². The maximum atomic E-state index is 12.3. The lowest BCUT2D eigenvalue weighted by atomic mass is 10.1. The molecule has 0 spiro atoms. The number of alkyl halides is 2. The van der Waals surface area contributed by atoms with Gasteiger partial charge in [-0.25, -0.2) is 4.79 Å². The molecule has 178 valence electrons. The summed E-state index contributed by atoms with van der Waals surface area (Å²) in [4.78, 5) is 24.5. The molecule has 1 unspecified atom stereocenters. The van der Waals surface area contributed by atoms with Crippen LogP contribution in [0.1, 0.15) is 12.5 Å². The van der Waals surface area contributed by atoms with Gasteiger partial charge in [0.2, 0.25) is 0 Å². The largest absolute Gasteiger partial charge is 0.496 e. The summed E-state index contributed by atoms with van der Waals surface area (Å²) in [5.74, 6) is -0.360. The molecule has 33 heavy (non-hydrogen) atoms. The van der Waals surface area contributed by atoms with Crippen LogP contribution in [0.5, 0.6) is 23.0 Å². The van der Waals surface area contributed by atoms with Crippen LogP contribution in [0.3, 0.4) is 0 Å². The van der Waals surface area contributed by atoms with E-state index in [-0.39, 0.29) is 16.5 Å². The normalized spacial score (nSPS) is 11.8. The average molecular weight is 486 g/mol. The number of rotatable bonds is 10. The molecule has 0 aliphatic carbocycles. The zero-order chi connectivity index (χ0) is 24.5. The van der Waals surface area contributed by atoms with Gasteiger partial charge >= 0.3 is 12.6 Å². The highest BCUT2D eigenvalue weighted by Gasteiger charge is 2.18.